The smallest absolute Gasteiger partial charge is 0.356 e. The van der Waals surface area contributed by atoms with E-state index in [0.29, 0.717) is 59.0 Å². The number of anilines is 2. The van der Waals surface area contributed by atoms with Gasteiger partial charge in [-0.2, -0.15) is 5.10 Å². The molecule has 3 aliphatic heterocycles. The molecule has 6 heterocycles. The highest BCUT2D eigenvalue weighted by Gasteiger charge is 2.44. The van der Waals surface area contributed by atoms with E-state index in [4.69, 9.17) is 20.3 Å². The Morgan fingerprint density at radius 2 is 1.62 bits per heavy atom. The molecule has 8 rings (SSSR count). The van der Waals surface area contributed by atoms with E-state index in [1.54, 1.807) is 16.9 Å². The molecule has 3 aromatic heterocycles. The summed E-state index contributed by atoms with van der Waals surface area (Å²) in [6.45, 7) is 4.79. The van der Waals surface area contributed by atoms with E-state index in [-0.39, 0.29) is 0 Å². The number of para-hydroxylation sites is 1. The lowest BCUT2D eigenvalue weighted by Crippen LogP contribution is -2.70. The molecular formula is C35H36FN9O3. The number of nitrogen functional groups attached to an aromatic ring is 1. The molecule has 3 saturated heterocycles. The highest BCUT2D eigenvalue weighted by Crippen LogP contribution is 2.37. The zero-order valence-corrected chi connectivity index (χ0v) is 26.5. The molecule has 5 aromatic rings. The second-order valence-corrected chi connectivity index (χ2v) is 12.6. The van der Waals surface area contributed by atoms with Crippen LogP contribution in [0.3, 0.4) is 0 Å². The minimum atomic E-state index is -1.11. The molecule has 13 heteroatoms. The second-order valence-electron chi connectivity index (χ2n) is 12.6. The number of esters is 1. The number of aromatic nitrogens is 5. The van der Waals surface area contributed by atoms with Crippen LogP contribution in [0.5, 0.6) is 11.5 Å². The number of piperidine rings is 1. The van der Waals surface area contributed by atoms with E-state index in [2.05, 4.69) is 29.7 Å². The van der Waals surface area contributed by atoms with Gasteiger partial charge in [-0.1, -0.05) is 18.2 Å². The first-order valence-electron chi connectivity index (χ1n) is 16.2. The van der Waals surface area contributed by atoms with Gasteiger partial charge in [0.05, 0.1) is 30.4 Å². The normalized spacial score (nSPS) is 20.8. The number of carbonyl (C=O) groups excluding carboxylic acids is 1. The number of methoxy groups -OCH3 is 1. The number of hydrogen-bond acceptors (Lipinski definition) is 11. The van der Waals surface area contributed by atoms with Crippen molar-refractivity contribution in [2.75, 3.05) is 57.0 Å². The number of nitrogens with zero attached hydrogens (tertiary/aromatic N) is 8. The summed E-state index contributed by atoms with van der Waals surface area (Å²) >= 11 is 0. The maximum atomic E-state index is 16.0. The zero-order valence-electron chi connectivity index (χ0n) is 26.5. The number of carbonyl (C=O) groups is 1. The monoisotopic (exact) mass is 649 g/mol. The van der Waals surface area contributed by atoms with E-state index < -0.39 is 18.2 Å². The number of pyridine rings is 1. The molecule has 246 valence electrons. The number of benzene rings is 2. The van der Waals surface area contributed by atoms with Crippen LogP contribution in [0.25, 0.3) is 22.3 Å². The van der Waals surface area contributed by atoms with Gasteiger partial charge in [-0.05, 0) is 55.0 Å². The molecule has 3 aliphatic rings. The molecule has 12 nitrogen and oxygen atoms in total. The molecule has 0 saturated carbocycles. The van der Waals surface area contributed by atoms with Crippen molar-refractivity contribution in [3.05, 3.63) is 84.9 Å². The molecule has 0 radical (unpaired) electrons. The summed E-state index contributed by atoms with van der Waals surface area (Å²) in [6, 6.07) is 21.1. The Balaban J connectivity index is 0.897. The molecule has 0 aliphatic carbocycles. The first kappa shape index (κ1) is 30.2. The highest BCUT2D eigenvalue weighted by molar-refractivity contribution is 5.98. The van der Waals surface area contributed by atoms with Crippen molar-refractivity contribution in [1.82, 2.24) is 34.5 Å². The molecule has 0 bridgehead atoms. The first-order chi connectivity index (χ1) is 23.4. The lowest BCUT2D eigenvalue weighted by Gasteiger charge is -2.55. The summed E-state index contributed by atoms with van der Waals surface area (Å²) < 4.78 is 28.4. The van der Waals surface area contributed by atoms with Crippen LogP contribution in [0, 0.1) is 0 Å². The Morgan fingerprint density at radius 3 is 2.33 bits per heavy atom. The van der Waals surface area contributed by atoms with Crippen LogP contribution in [-0.2, 0) is 4.74 Å². The summed E-state index contributed by atoms with van der Waals surface area (Å²) in [4.78, 5) is 31.6. The summed E-state index contributed by atoms with van der Waals surface area (Å²) in [7, 11) is 1.35. The Kier molecular flexibility index (Phi) is 7.85. The minimum absolute atomic E-state index is 0.303. The van der Waals surface area contributed by atoms with Crippen LogP contribution in [0.15, 0.2) is 79.3 Å². The largest absolute Gasteiger partial charge is 0.464 e. The van der Waals surface area contributed by atoms with Gasteiger partial charge in [0.15, 0.2) is 5.65 Å². The Bertz CT molecular complexity index is 1910. The third-order valence-corrected chi connectivity index (χ3v) is 9.77. The van der Waals surface area contributed by atoms with Gasteiger partial charge >= 0.3 is 5.97 Å². The topological polar surface area (TPSA) is 128 Å². The van der Waals surface area contributed by atoms with E-state index in [0.717, 1.165) is 49.7 Å². The van der Waals surface area contributed by atoms with Gasteiger partial charge in [-0.15, -0.1) is 0 Å². The van der Waals surface area contributed by atoms with Gasteiger partial charge in [0.25, 0.3) is 0 Å². The number of likely N-dealkylation sites (tertiary alicyclic amines) is 2. The molecule has 3 fully saturated rings. The molecule has 2 atom stereocenters. The molecule has 0 spiro atoms. The van der Waals surface area contributed by atoms with Crippen LogP contribution in [0.2, 0.25) is 0 Å². The van der Waals surface area contributed by atoms with Crippen LogP contribution >= 0.6 is 0 Å². The molecule has 2 N–H and O–H groups in total. The fraction of sp³-hybridized carbons (Fsp3) is 0.343. The standard InChI is InChI=1S/C35H36FN9O3/c1-47-35(46)29-12-9-23(15-38-29)43-18-25(19-43)44-16-24(17-44)42-14-13-30(28(36)20-42)45-34-31(33(37)39-21-40-34)32(41-45)22-7-10-27(11-8-22)48-26-5-3-2-4-6-26/h2-12,15,21,24-25,28,30H,13-14,16-20H2,1H3,(H2,37,39,40)/t28-,30+/m0/s1. The Morgan fingerprint density at radius 1 is 0.875 bits per heavy atom. The Labute approximate surface area is 276 Å². The van der Waals surface area contributed by atoms with E-state index in [1.807, 2.05) is 60.7 Å². The van der Waals surface area contributed by atoms with Gasteiger partial charge in [0, 0.05) is 56.9 Å². The van der Waals surface area contributed by atoms with Crippen molar-refractivity contribution in [3.8, 4) is 22.8 Å². The summed E-state index contributed by atoms with van der Waals surface area (Å²) in [6.07, 6.45) is 2.64. The van der Waals surface area contributed by atoms with Crippen LogP contribution in [0.1, 0.15) is 23.0 Å². The van der Waals surface area contributed by atoms with Crippen LogP contribution in [0.4, 0.5) is 15.9 Å². The average Bonchev–Trinajstić information content (AvgIpc) is 3.46. The third-order valence-electron chi connectivity index (χ3n) is 9.77. The molecule has 0 unspecified atom stereocenters. The number of rotatable bonds is 8. The summed E-state index contributed by atoms with van der Waals surface area (Å²) in [5, 5.41) is 5.54. The number of nitrogens with two attached hydrogens (primary N) is 1. The number of halogens is 1. The van der Waals surface area contributed by atoms with Crippen molar-refractivity contribution in [2.45, 2.75) is 30.7 Å². The zero-order chi connectivity index (χ0) is 32.8. The van der Waals surface area contributed by atoms with E-state index >= 15 is 4.39 Å². The van der Waals surface area contributed by atoms with Gasteiger partial charge in [0.1, 0.15) is 41.2 Å². The van der Waals surface area contributed by atoms with Gasteiger partial charge in [0.2, 0.25) is 0 Å². The summed E-state index contributed by atoms with van der Waals surface area (Å²) in [5.41, 5.74) is 9.65. The molecular weight excluding hydrogens is 613 g/mol. The molecule has 48 heavy (non-hydrogen) atoms. The SMILES string of the molecule is COC(=O)c1ccc(N2CC(N3CC(N4CC[C@@H](n5nc(-c6ccc(Oc7ccccc7)cc6)c6c(N)ncnc65)[C@@H](F)C4)C3)C2)cn1. The van der Waals surface area contributed by atoms with Gasteiger partial charge in [-0.25, -0.2) is 28.8 Å². The summed E-state index contributed by atoms with van der Waals surface area (Å²) in [5.74, 6) is 1.33. The maximum Gasteiger partial charge on any atom is 0.356 e. The molecule has 0 amide bonds. The predicted molar refractivity (Wildman–Crippen MR) is 179 cm³/mol. The van der Waals surface area contributed by atoms with Crippen molar-refractivity contribution in [2.24, 2.45) is 0 Å². The average molecular weight is 650 g/mol. The van der Waals surface area contributed by atoms with Gasteiger partial charge < -0.3 is 20.1 Å². The van der Waals surface area contributed by atoms with Gasteiger partial charge in [-0.3, -0.25) is 9.80 Å². The lowest BCUT2D eigenvalue weighted by molar-refractivity contribution is -0.0343. The fourth-order valence-electron chi connectivity index (χ4n) is 6.97. The quantitative estimate of drug-likeness (QED) is 0.243. The number of fused-ring (bicyclic) bond motifs is 1. The Hall–Kier alpha value is -5.14. The lowest BCUT2D eigenvalue weighted by atomic mass is 9.95. The maximum absolute atomic E-state index is 16.0. The third kappa shape index (κ3) is 5.58. The van der Waals surface area contributed by atoms with Crippen molar-refractivity contribution in [3.63, 3.8) is 0 Å². The van der Waals surface area contributed by atoms with Crippen LogP contribution in [-0.4, -0.2) is 105 Å². The van der Waals surface area contributed by atoms with Crippen molar-refractivity contribution in [1.29, 1.82) is 0 Å². The first-order valence-corrected chi connectivity index (χ1v) is 16.2. The number of alkyl halides is 1. The fourth-order valence-corrected chi connectivity index (χ4v) is 6.97. The van der Waals surface area contributed by atoms with Crippen LogP contribution < -0.4 is 15.4 Å². The highest BCUT2D eigenvalue weighted by atomic mass is 19.1. The van der Waals surface area contributed by atoms with E-state index in [1.165, 1.54) is 13.4 Å². The minimum Gasteiger partial charge on any atom is -0.464 e. The molecule has 2 aromatic carbocycles. The number of hydrogen-bond donors (Lipinski definition) is 1. The second kappa shape index (κ2) is 12.5. The number of ether oxygens (including phenoxy) is 2. The van der Waals surface area contributed by atoms with E-state index in [9.17, 15) is 4.79 Å². The predicted octanol–water partition coefficient (Wildman–Crippen LogP) is 4.21. The van der Waals surface area contributed by atoms with Crippen molar-refractivity contribution < 1.29 is 18.7 Å². The van der Waals surface area contributed by atoms with Crippen molar-refractivity contribution >= 4 is 28.5 Å².